The minimum absolute atomic E-state index is 0.0541. The number of pyridine rings is 1. The van der Waals surface area contributed by atoms with Crippen molar-refractivity contribution in [1.29, 1.82) is 5.26 Å². The zero-order valence-electron chi connectivity index (χ0n) is 18.0. The number of benzene rings is 2. The first-order valence-corrected chi connectivity index (χ1v) is 10.1. The number of carbonyl (C=O) groups is 1. The smallest absolute Gasteiger partial charge is 0.253 e. The van der Waals surface area contributed by atoms with Gasteiger partial charge in [0.05, 0.1) is 25.0 Å². The molecule has 1 aromatic heterocycles. The van der Waals surface area contributed by atoms with E-state index in [4.69, 9.17) is 24.1 Å². The van der Waals surface area contributed by atoms with E-state index in [1.165, 1.54) is 0 Å². The van der Waals surface area contributed by atoms with E-state index in [-0.39, 0.29) is 37.0 Å². The van der Waals surface area contributed by atoms with Crippen molar-refractivity contribution in [2.45, 2.75) is 6.92 Å². The maximum absolute atomic E-state index is 12.9. The zero-order valence-corrected chi connectivity index (χ0v) is 18.0. The molecule has 0 unspecified atom stereocenters. The van der Waals surface area contributed by atoms with E-state index < -0.39 is 5.91 Å². The third-order valence-corrected chi connectivity index (χ3v) is 5.02. The first-order chi connectivity index (χ1) is 16.0. The van der Waals surface area contributed by atoms with Gasteiger partial charge in [0.25, 0.3) is 5.91 Å². The summed E-state index contributed by atoms with van der Waals surface area (Å²) < 4.78 is 21.9. The summed E-state index contributed by atoms with van der Waals surface area (Å²) in [5.41, 5.74) is 1.67. The lowest BCUT2D eigenvalue weighted by molar-refractivity contribution is 0.0944. The second-order valence-corrected chi connectivity index (χ2v) is 7.06. The number of rotatable bonds is 7. The largest absolute Gasteiger partial charge is 0.497 e. The van der Waals surface area contributed by atoms with Crippen LogP contribution < -0.4 is 24.3 Å². The summed E-state index contributed by atoms with van der Waals surface area (Å²) in [7, 11) is 1.55. The predicted octanol–water partition coefficient (Wildman–Crippen LogP) is 3.18. The lowest BCUT2D eigenvalue weighted by Gasteiger charge is -2.17. The van der Waals surface area contributed by atoms with E-state index in [1.807, 2.05) is 0 Å². The van der Waals surface area contributed by atoms with Crippen molar-refractivity contribution in [3.05, 3.63) is 59.3 Å². The molecule has 33 heavy (non-hydrogen) atoms. The molecular formula is C24H21N3O6. The number of aliphatic hydroxyl groups is 1. The molecule has 0 radical (unpaired) electrons. The molecule has 0 atom stereocenters. The average molecular weight is 447 g/mol. The van der Waals surface area contributed by atoms with Gasteiger partial charge in [-0.15, -0.1) is 0 Å². The molecule has 0 spiro atoms. The summed E-state index contributed by atoms with van der Waals surface area (Å²) in [6.07, 6.45) is 0. The van der Waals surface area contributed by atoms with Crippen LogP contribution in [-0.2, 0) is 0 Å². The quantitative estimate of drug-likeness (QED) is 0.566. The highest BCUT2D eigenvalue weighted by Gasteiger charge is 2.25. The Morgan fingerprint density at radius 2 is 1.91 bits per heavy atom. The molecule has 3 aromatic rings. The second kappa shape index (κ2) is 9.46. The summed E-state index contributed by atoms with van der Waals surface area (Å²) in [5.74, 6) is 1.76. The highest BCUT2D eigenvalue weighted by Crippen LogP contribution is 2.39. The van der Waals surface area contributed by atoms with Crippen LogP contribution in [0.5, 0.6) is 28.9 Å². The van der Waals surface area contributed by atoms with Gasteiger partial charge in [-0.1, -0.05) is 12.1 Å². The maximum Gasteiger partial charge on any atom is 0.253 e. The molecule has 2 heterocycles. The summed E-state index contributed by atoms with van der Waals surface area (Å²) in [5, 5.41) is 21.8. The van der Waals surface area contributed by atoms with Gasteiger partial charge in [-0.25, -0.2) is 4.98 Å². The third-order valence-electron chi connectivity index (χ3n) is 5.02. The van der Waals surface area contributed by atoms with Gasteiger partial charge >= 0.3 is 0 Å². The van der Waals surface area contributed by atoms with Crippen molar-refractivity contribution in [3.8, 4) is 46.1 Å². The molecule has 2 N–H and O–H groups in total. The monoisotopic (exact) mass is 447 g/mol. The number of hydrogen-bond acceptors (Lipinski definition) is 8. The number of fused-ring (bicyclic) bond motifs is 1. The number of ether oxygens (including phenoxy) is 4. The molecule has 0 fully saturated rings. The Bertz CT molecular complexity index is 1230. The van der Waals surface area contributed by atoms with Crippen molar-refractivity contribution in [1.82, 2.24) is 10.3 Å². The van der Waals surface area contributed by atoms with Gasteiger partial charge in [0.15, 0.2) is 11.5 Å². The highest BCUT2D eigenvalue weighted by molar-refractivity contribution is 6.03. The Kier molecular flexibility index (Phi) is 6.29. The molecule has 168 valence electrons. The number of methoxy groups -OCH3 is 1. The number of nitrogens with zero attached hydrogens (tertiary/aromatic N) is 2. The summed E-state index contributed by atoms with van der Waals surface area (Å²) in [6.45, 7) is 1.64. The van der Waals surface area contributed by atoms with Crippen LogP contribution in [0.4, 0.5) is 0 Å². The zero-order chi connectivity index (χ0) is 23.4. The van der Waals surface area contributed by atoms with Gasteiger partial charge in [0, 0.05) is 18.2 Å². The molecule has 9 heteroatoms. The van der Waals surface area contributed by atoms with Crippen LogP contribution in [0.1, 0.15) is 21.6 Å². The lowest BCUT2D eigenvalue weighted by atomic mass is 9.94. The Balaban J connectivity index is 1.85. The van der Waals surface area contributed by atoms with E-state index in [0.29, 0.717) is 39.8 Å². The molecule has 0 bridgehead atoms. The Morgan fingerprint density at radius 3 is 2.61 bits per heavy atom. The Hall–Kier alpha value is -4.29. The van der Waals surface area contributed by atoms with Crippen LogP contribution >= 0.6 is 0 Å². The van der Waals surface area contributed by atoms with E-state index >= 15 is 0 Å². The lowest BCUT2D eigenvalue weighted by Crippen LogP contribution is -2.28. The van der Waals surface area contributed by atoms with Crippen LogP contribution in [0.25, 0.3) is 11.1 Å². The number of nitrogens with one attached hydrogen (secondary N) is 1. The number of aromatic nitrogens is 1. The highest BCUT2D eigenvalue weighted by atomic mass is 16.7. The van der Waals surface area contributed by atoms with E-state index in [1.54, 1.807) is 56.5 Å². The number of nitriles is 1. The number of carbonyl (C=O) groups excluding carboxylic acids is 1. The van der Waals surface area contributed by atoms with Crippen molar-refractivity contribution in [2.24, 2.45) is 0 Å². The minimum Gasteiger partial charge on any atom is -0.497 e. The summed E-state index contributed by atoms with van der Waals surface area (Å²) in [6, 6.07) is 14.1. The minimum atomic E-state index is -0.453. The molecule has 1 aliphatic rings. The van der Waals surface area contributed by atoms with E-state index in [0.717, 1.165) is 0 Å². The number of amides is 1. The topological polar surface area (TPSA) is 123 Å². The van der Waals surface area contributed by atoms with Gasteiger partial charge < -0.3 is 29.4 Å². The predicted molar refractivity (Wildman–Crippen MR) is 118 cm³/mol. The Labute approximate surface area is 190 Å². The number of aliphatic hydroxyl groups excluding tert-OH is 1. The van der Waals surface area contributed by atoms with E-state index in [2.05, 4.69) is 16.4 Å². The van der Waals surface area contributed by atoms with Gasteiger partial charge in [-0.2, -0.15) is 5.26 Å². The van der Waals surface area contributed by atoms with Gasteiger partial charge in [-0.3, -0.25) is 4.79 Å². The average Bonchev–Trinajstić information content (AvgIpc) is 3.30. The Morgan fingerprint density at radius 1 is 1.18 bits per heavy atom. The number of hydrogen-bond donors (Lipinski definition) is 2. The standard InChI is InChI=1S/C24H21N3O6/c1-14-21(23(29)26-9-10-28)22(15-3-5-16(30-2)6-4-15)18(12-25)24(27-14)33-17-7-8-19-20(11-17)32-13-31-19/h3-8,11,28H,9-10,13H2,1-2H3,(H,26,29). The van der Waals surface area contributed by atoms with Gasteiger partial charge in [0.1, 0.15) is 23.1 Å². The van der Waals surface area contributed by atoms with Crippen molar-refractivity contribution >= 4 is 5.91 Å². The molecule has 2 aromatic carbocycles. The first-order valence-electron chi connectivity index (χ1n) is 10.1. The molecule has 0 saturated carbocycles. The molecule has 0 saturated heterocycles. The summed E-state index contributed by atoms with van der Waals surface area (Å²) in [4.78, 5) is 17.4. The summed E-state index contributed by atoms with van der Waals surface area (Å²) >= 11 is 0. The first kappa shape index (κ1) is 21.9. The molecule has 1 aliphatic heterocycles. The van der Waals surface area contributed by atoms with Crippen LogP contribution in [-0.4, -0.2) is 43.1 Å². The SMILES string of the molecule is COc1ccc(-c2c(C#N)c(Oc3ccc4c(c3)OCO4)nc(C)c2C(=O)NCCO)cc1. The molecular weight excluding hydrogens is 426 g/mol. The normalized spacial score (nSPS) is 11.6. The fourth-order valence-electron chi connectivity index (χ4n) is 3.49. The van der Waals surface area contributed by atoms with Crippen LogP contribution in [0, 0.1) is 18.3 Å². The van der Waals surface area contributed by atoms with Crippen molar-refractivity contribution in [3.63, 3.8) is 0 Å². The van der Waals surface area contributed by atoms with Crippen molar-refractivity contribution in [2.75, 3.05) is 27.1 Å². The molecule has 1 amide bonds. The molecule has 4 rings (SSSR count). The van der Waals surface area contributed by atoms with Gasteiger partial charge in [0.2, 0.25) is 12.7 Å². The fourth-order valence-corrected chi connectivity index (χ4v) is 3.49. The van der Waals surface area contributed by atoms with Crippen LogP contribution in [0.2, 0.25) is 0 Å². The fraction of sp³-hybridized carbons (Fsp3) is 0.208. The van der Waals surface area contributed by atoms with E-state index in [9.17, 15) is 10.1 Å². The molecule has 9 nitrogen and oxygen atoms in total. The molecule has 0 aliphatic carbocycles. The maximum atomic E-state index is 12.9. The number of aryl methyl sites for hydroxylation is 1. The van der Waals surface area contributed by atoms with Gasteiger partial charge in [-0.05, 0) is 36.8 Å². The third kappa shape index (κ3) is 4.37. The second-order valence-electron chi connectivity index (χ2n) is 7.06. The van der Waals surface area contributed by atoms with Crippen LogP contribution in [0.15, 0.2) is 42.5 Å². The van der Waals surface area contributed by atoms with Crippen molar-refractivity contribution < 1.29 is 28.8 Å². The van der Waals surface area contributed by atoms with Crippen LogP contribution in [0.3, 0.4) is 0 Å².